The molecule has 0 saturated carbocycles. The Hall–Kier alpha value is -1.01. The van der Waals surface area contributed by atoms with Crippen molar-refractivity contribution < 1.29 is 9.18 Å². The number of amides is 1. The molecule has 0 radical (unpaired) electrons. The topological polar surface area (TPSA) is 55.1 Å². The van der Waals surface area contributed by atoms with E-state index in [1.165, 1.54) is 12.1 Å². The Labute approximate surface area is 113 Å². The number of hydrogen-bond acceptors (Lipinski definition) is 2. The van der Waals surface area contributed by atoms with Crippen molar-refractivity contribution in [2.45, 2.75) is 13.3 Å². The molecule has 0 aliphatic carbocycles. The summed E-state index contributed by atoms with van der Waals surface area (Å²) in [5, 5.41) is 2.47. The van der Waals surface area contributed by atoms with Crippen LogP contribution in [-0.4, -0.2) is 10.9 Å². The third kappa shape index (κ3) is 3.74. The SMILES string of the molecule is CCC(C(=O)Nc1cc(Br)ccc1F)C(N)=S. The predicted molar refractivity (Wildman–Crippen MR) is 73.3 cm³/mol. The van der Waals surface area contributed by atoms with E-state index in [0.29, 0.717) is 10.9 Å². The fourth-order valence-electron chi connectivity index (χ4n) is 1.33. The van der Waals surface area contributed by atoms with Crippen LogP contribution in [0.5, 0.6) is 0 Å². The van der Waals surface area contributed by atoms with Crippen LogP contribution in [0.2, 0.25) is 0 Å². The number of anilines is 1. The van der Waals surface area contributed by atoms with Crippen LogP contribution in [0, 0.1) is 11.7 Å². The lowest BCUT2D eigenvalue weighted by molar-refractivity contribution is -0.118. The fraction of sp³-hybridized carbons (Fsp3) is 0.273. The minimum Gasteiger partial charge on any atom is -0.393 e. The van der Waals surface area contributed by atoms with Gasteiger partial charge in [-0.05, 0) is 24.6 Å². The summed E-state index contributed by atoms with van der Waals surface area (Å²) in [4.78, 5) is 11.9. The van der Waals surface area contributed by atoms with Gasteiger partial charge in [-0.2, -0.15) is 0 Å². The molecule has 1 amide bonds. The van der Waals surface area contributed by atoms with Gasteiger partial charge in [0.25, 0.3) is 0 Å². The van der Waals surface area contributed by atoms with E-state index in [1.54, 1.807) is 13.0 Å². The lowest BCUT2D eigenvalue weighted by atomic mass is 10.1. The normalized spacial score (nSPS) is 11.9. The van der Waals surface area contributed by atoms with Crippen molar-refractivity contribution in [2.75, 3.05) is 5.32 Å². The largest absolute Gasteiger partial charge is 0.393 e. The van der Waals surface area contributed by atoms with Gasteiger partial charge >= 0.3 is 0 Å². The number of benzene rings is 1. The van der Waals surface area contributed by atoms with Crippen LogP contribution >= 0.6 is 28.1 Å². The molecule has 3 N–H and O–H groups in total. The van der Waals surface area contributed by atoms with Gasteiger partial charge in [0.15, 0.2) is 0 Å². The summed E-state index contributed by atoms with van der Waals surface area (Å²) in [5.41, 5.74) is 5.55. The van der Waals surface area contributed by atoms with Crippen molar-refractivity contribution in [3.05, 3.63) is 28.5 Å². The molecule has 1 aromatic carbocycles. The van der Waals surface area contributed by atoms with Gasteiger partial charge in [0.2, 0.25) is 5.91 Å². The first-order valence-electron chi connectivity index (χ1n) is 5.01. The average molecular weight is 319 g/mol. The maximum absolute atomic E-state index is 13.4. The standard InChI is InChI=1S/C11H12BrFN2OS/c1-2-7(10(14)17)11(16)15-9-5-6(12)3-4-8(9)13/h3-5,7H,2H2,1H3,(H2,14,17)(H,15,16). The highest BCUT2D eigenvalue weighted by Crippen LogP contribution is 2.21. The number of nitrogens with two attached hydrogens (primary N) is 1. The Morgan fingerprint density at radius 3 is 2.82 bits per heavy atom. The second-order valence-electron chi connectivity index (χ2n) is 3.48. The molecular weight excluding hydrogens is 307 g/mol. The highest BCUT2D eigenvalue weighted by Gasteiger charge is 2.20. The zero-order chi connectivity index (χ0) is 13.0. The first-order valence-corrected chi connectivity index (χ1v) is 6.21. The summed E-state index contributed by atoms with van der Waals surface area (Å²) in [6, 6.07) is 4.30. The van der Waals surface area contributed by atoms with Crippen molar-refractivity contribution >= 4 is 44.7 Å². The number of carbonyl (C=O) groups is 1. The minimum atomic E-state index is -0.580. The van der Waals surface area contributed by atoms with Gasteiger partial charge in [0, 0.05) is 4.47 Å². The van der Waals surface area contributed by atoms with Crippen LogP contribution in [0.1, 0.15) is 13.3 Å². The van der Waals surface area contributed by atoms with E-state index in [0.717, 1.165) is 0 Å². The third-order valence-electron chi connectivity index (χ3n) is 2.25. The van der Waals surface area contributed by atoms with E-state index in [4.69, 9.17) is 18.0 Å². The molecule has 92 valence electrons. The van der Waals surface area contributed by atoms with E-state index < -0.39 is 17.6 Å². The van der Waals surface area contributed by atoms with Crippen molar-refractivity contribution in [3.63, 3.8) is 0 Å². The first kappa shape index (κ1) is 14.1. The zero-order valence-electron chi connectivity index (χ0n) is 9.17. The van der Waals surface area contributed by atoms with Gasteiger partial charge in [-0.1, -0.05) is 35.1 Å². The predicted octanol–water partition coefficient (Wildman–Crippen LogP) is 2.84. The van der Waals surface area contributed by atoms with Gasteiger partial charge in [-0.15, -0.1) is 0 Å². The lowest BCUT2D eigenvalue weighted by Crippen LogP contribution is -2.32. The molecular formula is C11H12BrFN2OS. The molecule has 6 heteroatoms. The van der Waals surface area contributed by atoms with Crippen molar-refractivity contribution in [3.8, 4) is 0 Å². The Bertz CT molecular complexity index is 453. The van der Waals surface area contributed by atoms with Crippen LogP contribution in [0.4, 0.5) is 10.1 Å². The van der Waals surface area contributed by atoms with E-state index in [1.807, 2.05) is 0 Å². The first-order chi connectivity index (χ1) is 7.95. The van der Waals surface area contributed by atoms with Crippen LogP contribution in [-0.2, 0) is 4.79 Å². The van der Waals surface area contributed by atoms with Crippen LogP contribution < -0.4 is 11.1 Å². The Morgan fingerprint density at radius 2 is 2.29 bits per heavy atom. The van der Waals surface area contributed by atoms with Crippen molar-refractivity contribution in [1.82, 2.24) is 0 Å². The number of halogens is 2. The summed E-state index contributed by atoms with van der Waals surface area (Å²) in [7, 11) is 0. The minimum absolute atomic E-state index is 0.110. The number of carbonyl (C=O) groups excluding carboxylic acids is 1. The highest BCUT2D eigenvalue weighted by molar-refractivity contribution is 9.10. The second-order valence-corrected chi connectivity index (χ2v) is 4.86. The summed E-state index contributed by atoms with van der Waals surface area (Å²) in [6.07, 6.45) is 0.483. The molecule has 3 nitrogen and oxygen atoms in total. The zero-order valence-corrected chi connectivity index (χ0v) is 11.6. The van der Waals surface area contributed by atoms with Crippen molar-refractivity contribution in [2.24, 2.45) is 11.7 Å². The lowest BCUT2D eigenvalue weighted by Gasteiger charge is -2.13. The summed E-state index contributed by atoms with van der Waals surface area (Å²) < 4.78 is 14.1. The number of hydrogen-bond donors (Lipinski definition) is 2. The second kappa shape index (κ2) is 6.07. The molecule has 1 rings (SSSR count). The molecule has 0 spiro atoms. The molecule has 17 heavy (non-hydrogen) atoms. The molecule has 0 aliphatic heterocycles. The smallest absolute Gasteiger partial charge is 0.234 e. The molecule has 1 atom stereocenters. The molecule has 1 unspecified atom stereocenters. The highest BCUT2D eigenvalue weighted by atomic mass is 79.9. The number of rotatable bonds is 4. The van der Waals surface area contributed by atoms with E-state index >= 15 is 0 Å². The van der Waals surface area contributed by atoms with Gasteiger partial charge in [0.05, 0.1) is 16.6 Å². The van der Waals surface area contributed by atoms with Gasteiger partial charge < -0.3 is 11.1 Å². The molecule has 0 bridgehead atoms. The van der Waals surface area contributed by atoms with Gasteiger partial charge in [-0.3, -0.25) is 4.79 Å². The fourth-order valence-corrected chi connectivity index (χ4v) is 1.96. The summed E-state index contributed by atoms with van der Waals surface area (Å²) in [5.74, 6) is -1.47. The maximum Gasteiger partial charge on any atom is 0.234 e. The molecule has 0 aromatic heterocycles. The van der Waals surface area contributed by atoms with E-state index in [9.17, 15) is 9.18 Å². The summed E-state index contributed by atoms with van der Waals surface area (Å²) >= 11 is 7.98. The molecule has 0 fully saturated rings. The summed E-state index contributed by atoms with van der Waals surface area (Å²) in [6.45, 7) is 1.79. The number of thiocarbonyl (C=S) groups is 1. The molecule has 0 saturated heterocycles. The Balaban J connectivity index is 2.87. The maximum atomic E-state index is 13.4. The average Bonchev–Trinajstić information content (AvgIpc) is 2.24. The Kier molecular flexibility index (Phi) is 5.02. The van der Waals surface area contributed by atoms with Crippen molar-refractivity contribution in [1.29, 1.82) is 0 Å². The molecule has 1 aromatic rings. The van der Waals surface area contributed by atoms with Gasteiger partial charge in [0.1, 0.15) is 5.82 Å². The molecule has 0 aliphatic rings. The van der Waals surface area contributed by atoms with Gasteiger partial charge in [-0.25, -0.2) is 4.39 Å². The van der Waals surface area contributed by atoms with Crippen LogP contribution in [0.15, 0.2) is 22.7 Å². The van der Waals surface area contributed by atoms with E-state index in [2.05, 4.69) is 21.2 Å². The van der Waals surface area contributed by atoms with E-state index in [-0.39, 0.29) is 10.7 Å². The monoisotopic (exact) mass is 318 g/mol. The van der Waals surface area contributed by atoms with Crippen LogP contribution in [0.25, 0.3) is 0 Å². The van der Waals surface area contributed by atoms with Crippen LogP contribution in [0.3, 0.4) is 0 Å². The number of nitrogens with one attached hydrogen (secondary N) is 1. The quantitative estimate of drug-likeness (QED) is 0.839. The Morgan fingerprint density at radius 1 is 1.65 bits per heavy atom. The molecule has 0 heterocycles. The third-order valence-corrected chi connectivity index (χ3v) is 3.03.